The summed E-state index contributed by atoms with van der Waals surface area (Å²) in [6.07, 6.45) is 20.3. The van der Waals surface area contributed by atoms with E-state index in [0.29, 0.717) is 6.54 Å². The molecule has 132 valence electrons. The summed E-state index contributed by atoms with van der Waals surface area (Å²) in [6.45, 7) is 2.59. The van der Waals surface area contributed by atoms with Crippen LogP contribution >= 0.6 is 0 Å². The van der Waals surface area contributed by atoms with Crippen LogP contribution in [0.2, 0.25) is 0 Å². The summed E-state index contributed by atoms with van der Waals surface area (Å²) >= 11 is 0. The van der Waals surface area contributed by atoms with Crippen LogP contribution in [-0.4, -0.2) is 24.2 Å². The number of nitrogens with one attached hydrogen (secondary N) is 1. The molecule has 3 heteroatoms. The Hall–Kier alpha value is -0.570. The highest BCUT2D eigenvalue weighted by Gasteiger charge is 1.97. The molecule has 3 nitrogen and oxygen atoms in total. The molecule has 0 aromatic rings. The van der Waals surface area contributed by atoms with E-state index in [2.05, 4.69) is 12.2 Å². The molecule has 0 unspecified atom stereocenters. The third-order valence-electron chi connectivity index (χ3n) is 4.25. The summed E-state index contributed by atoms with van der Waals surface area (Å²) in [7, 11) is 0. The van der Waals surface area contributed by atoms with Crippen molar-refractivity contribution in [1.29, 1.82) is 0 Å². The molecule has 0 aromatic carbocycles. The van der Waals surface area contributed by atoms with Gasteiger partial charge in [-0.05, 0) is 6.42 Å². The average Bonchev–Trinajstić information content (AvgIpc) is 2.54. The van der Waals surface area contributed by atoms with Gasteiger partial charge in [0, 0.05) is 6.54 Å². The molecular weight excluding hydrogens is 274 g/mol. The summed E-state index contributed by atoms with van der Waals surface area (Å²) in [6, 6.07) is 0. The number of unbranched alkanes of at least 4 members (excludes halogenated alkanes) is 14. The molecule has 0 heterocycles. The molecule has 0 atom stereocenters. The first kappa shape index (κ1) is 21.4. The highest BCUT2D eigenvalue weighted by molar-refractivity contribution is 5.76. The monoisotopic (exact) mass is 313 g/mol. The quantitative estimate of drug-likeness (QED) is 0.373. The second-order valence-electron chi connectivity index (χ2n) is 6.46. The topological polar surface area (TPSA) is 49.3 Å². The van der Waals surface area contributed by atoms with Crippen LogP contribution in [0.5, 0.6) is 0 Å². The Morgan fingerprint density at radius 3 is 1.41 bits per heavy atom. The minimum absolute atomic E-state index is 0.259. The smallest absolute Gasteiger partial charge is 0.245 e. The lowest BCUT2D eigenvalue weighted by atomic mass is 10.0. The molecule has 2 N–H and O–H groups in total. The van der Waals surface area contributed by atoms with Crippen molar-refractivity contribution < 1.29 is 9.90 Å². The molecule has 0 aromatic heterocycles. The number of amides is 1. The van der Waals surface area contributed by atoms with Crippen LogP contribution in [0.3, 0.4) is 0 Å². The minimum atomic E-state index is -0.390. The van der Waals surface area contributed by atoms with E-state index in [9.17, 15) is 4.79 Å². The van der Waals surface area contributed by atoms with Crippen molar-refractivity contribution in [1.82, 2.24) is 5.32 Å². The van der Waals surface area contributed by atoms with Gasteiger partial charge >= 0.3 is 0 Å². The van der Waals surface area contributed by atoms with E-state index in [0.717, 1.165) is 6.42 Å². The van der Waals surface area contributed by atoms with Crippen LogP contribution in [0.15, 0.2) is 0 Å². The van der Waals surface area contributed by atoms with Crippen molar-refractivity contribution in [3.05, 3.63) is 0 Å². The molecule has 0 aliphatic rings. The summed E-state index contributed by atoms with van der Waals surface area (Å²) in [5.41, 5.74) is 0. The molecule has 0 saturated carbocycles. The number of hydrogen-bond donors (Lipinski definition) is 2. The van der Waals surface area contributed by atoms with Gasteiger partial charge in [-0.2, -0.15) is 0 Å². The molecule has 0 rings (SSSR count). The Labute approximate surface area is 138 Å². The molecule has 0 spiro atoms. The van der Waals surface area contributed by atoms with E-state index in [1.165, 1.54) is 89.9 Å². The molecular formula is C19H39NO2. The van der Waals surface area contributed by atoms with Gasteiger partial charge in [-0.3, -0.25) is 4.79 Å². The summed E-state index contributed by atoms with van der Waals surface area (Å²) in [5, 5.41) is 11.2. The number of carbonyl (C=O) groups excluding carboxylic acids is 1. The van der Waals surface area contributed by atoms with Crippen molar-refractivity contribution >= 4 is 5.91 Å². The van der Waals surface area contributed by atoms with Crippen molar-refractivity contribution in [2.45, 2.75) is 103 Å². The fraction of sp³-hybridized carbons (Fsp3) is 0.947. The zero-order valence-corrected chi connectivity index (χ0v) is 14.9. The van der Waals surface area contributed by atoms with Crippen molar-refractivity contribution in [3.8, 4) is 0 Å². The Kier molecular flexibility index (Phi) is 18.0. The number of rotatable bonds is 17. The first-order chi connectivity index (χ1) is 10.8. The lowest BCUT2D eigenvalue weighted by molar-refractivity contribution is -0.123. The Morgan fingerprint density at radius 2 is 1.05 bits per heavy atom. The van der Waals surface area contributed by atoms with Crippen LogP contribution in [0, 0.1) is 0 Å². The van der Waals surface area contributed by atoms with Crippen LogP contribution in [0.25, 0.3) is 0 Å². The molecule has 0 radical (unpaired) electrons. The first-order valence-corrected chi connectivity index (χ1v) is 9.68. The van der Waals surface area contributed by atoms with Gasteiger partial charge in [-0.1, -0.05) is 96.8 Å². The summed E-state index contributed by atoms with van der Waals surface area (Å²) in [5.74, 6) is -0.259. The molecule has 0 fully saturated rings. The van der Waals surface area contributed by atoms with Gasteiger partial charge < -0.3 is 10.4 Å². The standard InChI is InChI=1S/C19H39NO2/c1-2-3-4-5-6-7-8-9-10-11-12-13-14-15-16-17-20-19(22)18-21/h21H,2-18H2,1H3,(H,20,22). The minimum Gasteiger partial charge on any atom is -0.387 e. The van der Waals surface area contributed by atoms with Crippen LogP contribution in [0.1, 0.15) is 103 Å². The van der Waals surface area contributed by atoms with E-state index in [-0.39, 0.29) is 5.91 Å². The maximum Gasteiger partial charge on any atom is 0.245 e. The number of aliphatic hydroxyl groups excluding tert-OH is 1. The predicted molar refractivity (Wildman–Crippen MR) is 95.0 cm³/mol. The van der Waals surface area contributed by atoms with Gasteiger partial charge in [0.1, 0.15) is 6.61 Å². The summed E-state index contributed by atoms with van der Waals surface area (Å²) in [4.78, 5) is 10.8. The number of carbonyl (C=O) groups is 1. The number of hydrogen-bond acceptors (Lipinski definition) is 2. The molecule has 0 saturated heterocycles. The maximum atomic E-state index is 10.8. The SMILES string of the molecule is CCCCCCCCCCCCCCCCCNC(=O)CO. The second-order valence-corrected chi connectivity index (χ2v) is 6.46. The van der Waals surface area contributed by atoms with E-state index in [4.69, 9.17) is 5.11 Å². The lowest BCUT2D eigenvalue weighted by Crippen LogP contribution is -2.26. The normalized spacial score (nSPS) is 10.8. The van der Waals surface area contributed by atoms with Crippen LogP contribution in [-0.2, 0) is 4.79 Å². The highest BCUT2D eigenvalue weighted by Crippen LogP contribution is 2.13. The first-order valence-electron chi connectivity index (χ1n) is 9.68. The zero-order chi connectivity index (χ0) is 16.3. The van der Waals surface area contributed by atoms with Gasteiger partial charge in [0.25, 0.3) is 0 Å². The maximum absolute atomic E-state index is 10.8. The van der Waals surface area contributed by atoms with Crippen LogP contribution < -0.4 is 5.32 Å². The van der Waals surface area contributed by atoms with Gasteiger partial charge in [0.2, 0.25) is 5.91 Å². The lowest BCUT2D eigenvalue weighted by Gasteiger charge is -2.04. The Balaban J connectivity index is 2.98. The van der Waals surface area contributed by atoms with Gasteiger partial charge in [0.15, 0.2) is 0 Å². The van der Waals surface area contributed by atoms with Gasteiger partial charge in [-0.15, -0.1) is 0 Å². The van der Waals surface area contributed by atoms with E-state index < -0.39 is 6.61 Å². The van der Waals surface area contributed by atoms with Crippen molar-refractivity contribution in [3.63, 3.8) is 0 Å². The molecule has 1 amide bonds. The largest absolute Gasteiger partial charge is 0.387 e. The van der Waals surface area contributed by atoms with E-state index >= 15 is 0 Å². The van der Waals surface area contributed by atoms with Gasteiger partial charge in [-0.25, -0.2) is 0 Å². The Bertz CT molecular complexity index is 231. The third kappa shape index (κ3) is 17.5. The molecule has 0 bridgehead atoms. The van der Waals surface area contributed by atoms with E-state index in [1.807, 2.05) is 0 Å². The Morgan fingerprint density at radius 1 is 0.682 bits per heavy atom. The highest BCUT2D eigenvalue weighted by atomic mass is 16.3. The fourth-order valence-corrected chi connectivity index (χ4v) is 2.78. The number of aliphatic hydroxyl groups is 1. The third-order valence-corrected chi connectivity index (χ3v) is 4.25. The van der Waals surface area contributed by atoms with Gasteiger partial charge in [0.05, 0.1) is 0 Å². The van der Waals surface area contributed by atoms with E-state index in [1.54, 1.807) is 0 Å². The summed E-state index contributed by atoms with van der Waals surface area (Å²) < 4.78 is 0. The second kappa shape index (κ2) is 18.5. The molecule has 0 aliphatic heterocycles. The zero-order valence-electron chi connectivity index (χ0n) is 14.9. The fourth-order valence-electron chi connectivity index (χ4n) is 2.78. The average molecular weight is 314 g/mol. The molecule has 22 heavy (non-hydrogen) atoms. The molecule has 0 aliphatic carbocycles. The van der Waals surface area contributed by atoms with Crippen LogP contribution in [0.4, 0.5) is 0 Å². The van der Waals surface area contributed by atoms with Crippen molar-refractivity contribution in [2.24, 2.45) is 0 Å². The van der Waals surface area contributed by atoms with Crippen molar-refractivity contribution in [2.75, 3.05) is 13.2 Å². The predicted octanol–water partition coefficient (Wildman–Crippen LogP) is 4.97.